The third-order valence-electron chi connectivity index (χ3n) is 3.86. The molecular formula is C14H20N2O4S. The number of hydrogen-bond acceptors (Lipinski definition) is 4. The Morgan fingerprint density at radius 3 is 2.95 bits per heavy atom. The van der Waals surface area contributed by atoms with Crippen molar-refractivity contribution in [3.8, 4) is 11.5 Å². The molecule has 0 aromatic heterocycles. The Bertz CT molecular complexity index is 617. The zero-order chi connectivity index (χ0) is 14.9. The number of piperidine rings is 1. The SMILES string of the molecule is C[C@H]1CCCN(S(=O)(=O)NCc2ccc3c(c2)OCO3)C1. The van der Waals surface area contributed by atoms with E-state index in [-0.39, 0.29) is 13.3 Å². The summed E-state index contributed by atoms with van der Waals surface area (Å²) in [6, 6.07) is 5.45. The average molecular weight is 312 g/mol. The van der Waals surface area contributed by atoms with E-state index in [2.05, 4.69) is 11.6 Å². The molecule has 3 rings (SSSR count). The van der Waals surface area contributed by atoms with Crippen molar-refractivity contribution in [2.75, 3.05) is 19.9 Å². The van der Waals surface area contributed by atoms with E-state index in [0.29, 0.717) is 30.5 Å². The lowest BCUT2D eigenvalue weighted by molar-refractivity contribution is 0.174. The maximum Gasteiger partial charge on any atom is 0.279 e. The molecule has 0 aliphatic carbocycles. The van der Waals surface area contributed by atoms with Gasteiger partial charge in [-0.3, -0.25) is 0 Å². The smallest absolute Gasteiger partial charge is 0.279 e. The summed E-state index contributed by atoms with van der Waals surface area (Å²) in [4.78, 5) is 0. The fourth-order valence-corrected chi connectivity index (χ4v) is 4.03. The molecule has 21 heavy (non-hydrogen) atoms. The Balaban J connectivity index is 1.63. The second kappa shape index (κ2) is 5.82. The summed E-state index contributed by atoms with van der Waals surface area (Å²) in [5, 5.41) is 0. The number of ether oxygens (including phenoxy) is 2. The van der Waals surface area contributed by atoms with Crippen LogP contribution < -0.4 is 14.2 Å². The van der Waals surface area contributed by atoms with Crippen LogP contribution in [0.1, 0.15) is 25.3 Å². The molecule has 2 aliphatic heterocycles. The summed E-state index contributed by atoms with van der Waals surface area (Å²) < 4.78 is 39.3. The molecule has 0 amide bonds. The van der Waals surface area contributed by atoms with Crippen molar-refractivity contribution in [1.82, 2.24) is 9.03 Å². The van der Waals surface area contributed by atoms with Crippen molar-refractivity contribution in [3.05, 3.63) is 23.8 Å². The molecule has 1 aromatic carbocycles. The number of hydrogen-bond donors (Lipinski definition) is 1. The van der Waals surface area contributed by atoms with Gasteiger partial charge in [-0.15, -0.1) is 0 Å². The molecule has 1 aromatic rings. The van der Waals surface area contributed by atoms with E-state index >= 15 is 0 Å². The highest BCUT2D eigenvalue weighted by Gasteiger charge is 2.26. The Morgan fingerprint density at radius 1 is 1.33 bits per heavy atom. The van der Waals surface area contributed by atoms with Gasteiger partial charge in [0.15, 0.2) is 11.5 Å². The molecule has 2 aliphatic rings. The molecule has 0 radical (unpaired) electrons. The van der Waals surface area contributed by atoms with Gasteiger partial charge in [0.2, 0.25) is 6.79 Å². The quantitative estimate of drug-likeness (QED) is 0.914. The molecule has 116 valence electrons. The fourth-order valence-electron chi connectivity index (χ4n) is 2.68. The van der Waals surface area contributed by atoms with Crippen LogP contribution in [0.2, 0.25) is 0 Å². The first kappa shape index (κ1) is 14.6. The summed E-state index contributed by atoms with van der Waals surface area (Å²) >= 11 is 0. The fraction of sp³-hybridized carbons (Fsp3) is 0.571. The van der Waals surface area contributed by atoms with Crippen molar-refractivity contribution in [3.63, 3.8) is 0 Å². The molecular weight excluding hydrogens is 292 g/mol. The summed E-state index contributed by atoms with van der Waals surface area (Å²) in [7, 11) is -3.42. The van der Waals surface area contributed by atoms with Crippen molar-refractivity contribution < 1.29 is 17.9 Å². The highest BCUT2D eigenvalue weighted by atomic mass is 32.2. The van der Waals surface area contributed by atoms with Crippen LogP contribution in [0.25, 0.3) is 0 Å². The Kier molecular flexibility index (Phi) is 4.05. The van der Waals surface area contributed by atoms with Crippen molar-refractivity contribution in [2.24, 2.45) is 5.92 Å². The van der Waals surface area contributed by atoms with Crippen molar-refractivity contribution >= 4 is 10.2 Å². The van der Waals surface area contributed by atoms with E-state index < -0.39 is 10.2 Å². The second-order valence-corrected chi connectivity index (χ2v) is 7.37. The number of nitrogens with one attached hydrogen (secondary N) is 1. The Morgan fingerprint density at radius 2 is 2.14 bits per heavy atom. The van der Waals surface area contributed by atoms with E-state index in [9.17, 15) is 8.42 Å². The van der Waals surface area contributed by atoms with Crippen LogP contribution in [0, 0.1) is 5.92 Å². The van der Waals surface area contributed by atoms with E-state index in [1.165, 1.54) is 4.31 Å². The van der Waals surface area contributed by atoms with Crippen molar-refractivity contribution in [1.29, 1.82) is 0 Å². The normalized spacial score (nSPS) is 22.4. The summed E-state index contributed by atoms with van der Waals surface area (Å²) in [6.07, 6.45) is 2.01. The molecule has 0 bridgehead atoms. The first-order valence-corrected chi connectivity index (χ1v) is 8.62. The van der Waals surface area contributed by atoms with Gasteiger partial charge < -0.3 is 9.47 Å². The molecule has 6 nitrogen and oxygen atoms in total. The van der Waals surface area contributed by atoms with E-state index in [0.717, 1.165) is 18.4 Å². The van der Waals surface area contributed by atoms with Crippen LogP contribution in [0.4, 0.5) is 0 Å². The van der Waals surface area contributed by atoms with Crippen molar-refractivity contribution in [2.45, 2.75) is 26.3 Å². The minimum absolute atomic E-state index is 0.218. The van der Waals surface area contributed by atoms with Gasteiger partial charge in [0.1, 0.15) is 0 Å². The van der Waals surface area contributed by atoms with Gasteiger partial charge in [-0.05, 0) is 36.5 Å². The molecule has 1 saturated heterocycles. The van der Waals surface area contributed by atoms with Gasteiger partial charge in [0.25, 0.3) is 10.2 Å². The van der Waals surface area contributed by atoms with Gasteiger partial charge in [-0.25, -0.2) is 0 Å². The molecule has 0 saturated carbocycles. The van der Waals surface area contributed by atoms with E-state index in [1.54, 1.807) is 6.07 Å². The molecule has 2 heterocycles. The number of rotatable bonds is 4. The molecule has 1 fully saturated rings. The first-order valence-electron chi connectivity index (χ1n) is 7.18. The topological polar surface area (TPSA) is 67.9 Å². The van der Waals surface area contributed by atoms with Crippen LogP contribution in [-0.2, 0) is 16.8 Å². The van der Waals surface area contributed by atoms with Crippen LogP contribution in [-0.4, -0.2) is 32.6 Å². The molecule has 1 N–H and O–H groups in total. The Hall–Kier alpha value is -1.31. The maximum absolute atomic E-state index is 12.3. The molecule has 7 heteroatoms. The first-order chi connectivity index (χ1) is 10.0. The van der Waals surface area contributed by atoms with Crippen LogP contribution in [0.5, 0.6) is 11.5 Å². The number of benzene rings is 1. The van der Waals surface area contributed by atoms with Gasteiger partial charge >= 0.3 is 0 Å². The van der Waals surface area contributed by atoms with Gasteiger partial charge in [-0.1, -0.05) is 13.0 Å². The lowest BCUT2D eigenvalue weighted by Gasteiger charge is -2.30. The van der Waals surface area contributed by atoms with Gasteiger partial charge in [0, 0.05) is 19.6 Å². The monoisotopic (exact) mass is 312 g/mol. The highest BCUT2D eigenvalue weighted by molar-refractivity contribution is 7.87. The van der Waals surface area contributed by atoms with E-state index in [1.807, 2.05) is 12.1 Å². The lowest BCUT2D eigenvalue weighted by Crippen LogP contribution is -2.45. The number of nitrogens with zero attached hydrogens (tertiary/aromatic N) is 1. The standard InChI is InChI=1S/C14H20N2O4S/c1-11-3-2-6-16(9-11)21(17,18)15-8-12-4-5-13-14(7-12)20-10-19-13/h4-5,7,11,15H,2-3,6,8-10H2,1H3/t11-/m0/s1. The largest absolute Gasteiger partial charge is 0.454 e. The average Bonchev–Trinajstić information content (AvgIpc) is 2.93. The minimum Gasteiger partial charge on any atom is -0.454 e. The zero-order valence-corrected chi connectivity index (χ0v) is 12.9. The zero-order valence-electron chi connectivity index (χ0n) is 12.0. The molecule has 1 atom stereocenters. The third-order valence-corrected chi connectivity index (χ3v) is 5.38. The minimum atomic E-state index is -3.42. The van der Waals surface area contributed by atoms with Crippen LogP contribution in [0.15, 0.2) is 18.2 Å². The third kappa shape index (κ3) is 3.30. The number of fused-ring (bicyclic) bond motifs is 1. The van der Waals surface area contributed by atoms with Gasteiger partial charge in [0.05, 0.1) is 0 Å². The highest BCUT2D eigenvalue weighted by Crippen LogP contribution is 2.32. The van der Waals surface area contributed by atoms with Crippen LogP contribution in [0.3, 0.4) is 0 Å². The lowest BCUT2D eigenvalue weighted by atomic mass is 10.0. The summed E-state index contributed by atoms with van der Waals surface area (Å²) in [6.45, 7) is 3.75. The summed E-state index contributed by atoms with van der Waals surface area (Å²) in [5.74, 6) is 1.78. The summed E-state index contributed by atoms with van der Waals surface area (Å²) in [5.41, 5.74) is 0.855. The maximum atomic E-state index is 12.3. The molecule has 0 unspecified atom stereocenters. The Labute approximate surface area is 125 Å². The second-order valence-electron chi connectivity index (χ2n) is 5.62. The van der Waals surface area contributed by atoms with Gasteiger partial charge in [-0.2, -0.15) is 17.4 Å². The predicted octanol–water partition coefficient (Wildman–Crippen LogP) is 1.48. The molecule has 0 spiro atoms. The van der Waals surface area contributed by atoms with E-state index in [4.69, 9.17) is 9.47 Å². The van der Waals surface area contributed by atoms with Crippen LogP contribution >= 0.6 is 0 Å². The predicted molar refractivity (Wildman–Crippen MR) is 78.3 cm³/mol.